The SMILES string of the molecule is Cc1ccc(CNC2CCN(c3nc4[nH]cc(C(=O)O)c(=O)c4cc3F)C2)s1. The van der Waals surface area contributed by atoms with E-state index < -0.39 is 22.8 Å². The van der Waals surface area contributed by atoms with Crippen LogP contribution in [0.1, 0.15) is 26.5 Å². The van der Waals surface area contributed by atoms with E-state index >= 15 is 0 Å². The molecular weight excluding hydrogens is 383 g/mol. The van der Waals surface area contributed by atoms with Crippen LogP contribution in [-0.2, 0) is 6.54 Å². The average molecular weight is 402 g/mol. The standard InChI is InChI=1S/C19H19FN4O3S/c1-10-2-3-12(28-10)7-21-11-4-5-24(9-11)18-15(20)6-13-16(25)14(19(26)27)8-22-17(13)23-18/h2-3,6,8,11,21H,4-5,7,9H2,1H3,(H,26,27)(H,22,23,25). The second-order valence-corrected chi connectivity index (χ2v) is 8.22. The first kappa shape index (κ1) is 18.6. The number of hydrogen-bond donors (Lipinski definition) is 3. The minimum atomic E-state index is -1.36. The minimum absolute atomic E-state index is 0.0666. The average Bonchev–Trinajstić information content (AvgIpc) is 3.29. The number of carboxylic acids is 1. The van der Waals surface area contributed by atoms with Gasteiger partial charge in [0, 0.05) is 41.6 Å². The molecule has 0 saturated carbocycles. The van der Waals surface area contributed by atoms with E-state index in [0.717, 1.165) is 25.2 Å². The van der Waals surface area contributed by atoms with E-state index in [0.29, 0.717) is 13.1 Å². The van der Waals surface area contributed by atoms with Crippen LogP contribution in [0.5, 0.6) is 0 Å². The van der Waals surface area contributed by atoms with Crippen molar-refractivity contribution in [2.75, 3.05) is 18.0 Å². The maximum Gasteiger partial charge on any atom is 0.341 e. The molecule has 1 atom stereocenters. The van der Waals surface area contributed by atoms with Gasteiger partial charge in [0.1, 0.15) is 11.2 Å². The Bertz CT molecular complexity index is 1110. The summed E-state index contributed by atoms with van der Waals surface area (Å²) in [6.45, 7) is 4.10. The topological polar surface area (TPSA) is 98.3 Å². The van der Waals surface area contributed by atoms with E-state index in [9.17, 15) is 14.0 Å². The highest BCUT2D eigenvalue weighted by atomic mass is 32.1. The Labute approximate surface area is 163 Å². The molecule has 4 rings (SSSR count). The summed E-state index contributed by atoms with van der Waals surface area (Å²) in [5.41, 5.74) is -1.00. The zero-order chi connectivity index (χ0) is 19.8. The molecule has 4 heterocycles. The molecule has 0 bridgehead atoms. The van der Waals surface area contributed by atoms with Gasteiger partial charge in [-0.15, -0.1) is 11.3 Å². The normalized spacial score (nSPS) is 16.8. The number of fused-ring (bicyclic) bond motifs is 1. The van der Waals surface area contributed by atoms with Gasteiger partial charge >= 0.3 is 5.97 Å². The van der Waals surface area contributed by atoms with Crippen LogP contribution in [0.25, 0.3) is 11.0 Å². The molecule has 7 nitrogen and oxygen atoms in total. The molecule has 1 unspecified atom stereocenters. The van der Waals surface area contributed by atoms with E-state index in [1.165, 1.54) is 9.75 Å². The van der Waals surface area contributed by atoms with Crippen LogP contribution in [0.4, 0.5) is 10.2 Å². The third-order valence-corrected chi connectivity index (χ3v) is 5.88. The van der Waals surface area contributed by atoms with E-state index in [1.807, 2.05) is 4.90 Å². The predicted octanol–water partition coefficient (Wildman–Crippen LogP) is 2.50. The van der Waals surface area contributed by atoms with Crippen molar-refractivity contribution in [1.29, 1.82) is 0 Å². The summed E-state index contributed by atoms with van der Waals surface area (Å²) in [5.74, 6) is -1.82. The number of carboxylic acid groups (broad SMARTS) is 1. The predicted molar refractivity (Wildman–Crippen MR) is 106 cm³/mol. The number of hydrogen-bond acceptors (Lipinski definition) is 6. The number of pyridine rings is 2. The lowest BCUT2D eigenvalue weighted by Gasteiger charge is -2.19. The van der Waals surface area contributed by atoms with Crippen LogP contribution in [0.15, 0.2) is 29.2 Å². The molecule has 3 aromatic heterocycles. The van der Waals surface area contributed by atoms with Crippen molar-refractivity contribution >= 4 is 34.2 Å². The third-order valence-electron chi connectivity index (χ3n) is 4.88. The highest BCUT2D eigenvalue weighted by Crippen LogP contribution is 2.24. The zero-order valence-corrected chi connectivity index (χ0v) is 16.0. The smallest absolute Gasteiger partial charge is 0.341 e. The van der Waals surface area contributed by atoms with E-state index in [-0.39, 0.29) is 22.9 Å². The Morgan fingerprint density at radius 2 is 2.32 bits per heavy atom. The fourth-order valence-corrected chi connectivity index (χ4v) is 4.28. The number of anilines is 1. The molecule has 0 aliphatic carbocycles. The number of nitrogens with one attached hydrogen (secondary N) is 2. The molecule has 1 aliphatic rings. The van der Waals surface area contributed by atoms with Gasteiger partial charge in [-0.05, 0) is 31.5 Å². The van der Waals surface area contributed by atoms with Crippen LogP contribution < -0.4 is 15.6 Å². The van der Waals surface area contributed by atoms with Gasteiger partial charge in [-0.25, -0.2) is 14.2 Å². The Balaban J connectivity index is 1.52. The first-order valence-electron chi connectivity index (χ1n) is 8.91. The number of thiophene rings is 1. The van der Waals surface area contributed by atoms with Crippen LogP contribution >= 0.6 is 11.3 Å². The summed E-state index contributed by atoms with van der Waals surface area (Å²) >= 11 is 1.75. The van der Waals surface area contributed by atoms with Gasteiger partial charge in [0.05, 0.1) is 5.39 Å². The molecule has 1 fully saturated rings. The maximum absolute atomic E-state index is 14.6. The van der Waals surface area contributed by atoms with Gasteiger partial charge in [-0.2, -0.15) is 0 Å². The molecule has 0 aromatic carbocycles. The molecule has 3 aromatic rings. The highest BCUT2D eigenvalue weighted by molar-refractivity contribution is 7.11. The Morgan fingerprint density at radius 3 is 3.04 bits per heavy atom. The van der Waals surface area contributed by atoms with Crippen molar-refractivity contribution in [2.24, 2.45) is 0 Å². The number of aromatic amines is 1. The number of aryl methyl sites for hydroxylation is 1. The minimum Gasteiger partial charge on any atom is -0.477 e. The first-order chi connectivity index (χ1) is 13.4. The molecule has 0 radical (unpaired) electrons. The lowest BCUT2D eigenvalue weighted by Crippen LogP contribution is -2.32. The number of carbonyl (C=O) groups is 1. The van der Waals surface area contributed by atoms with Crippen molar-refractivity contribution in [1.82, 2.24) is 15.3 Å². The Hall–Kier alpha value is -2.78. The summed E-state index contributed by atoms with van der Waals surface area (Å²) in [6.07, 6.45) is 1.96. The second kappa shape index (κ2) is 7.33. The van der Waals surface area contributed by atoms with Crippen molar-refractivity contribution in [3.63, 3.8) is 0 Å². The monoisotopic (exact) mass is 402 g/mol. The quantitative estimate of drug-likeness (QED) is 0.607. The van der Waals surface area contributed by atoms with Crippen molar-refractivity contribution in [3.8, 4) is 0 Å². The molecule has 0 amide bonds. The molecular formula is C19H19FN4O3S. The Morgan fingerprint density at radius 1 is 1.50 bits per heavy atom. The zero-order valence-electron chi connectivity index (χ0n) is 15.2. The van der Waals surface area contributed by atoms with Crippen molar-refractivity contribution < 1.29 is 14.3 Å². The molecule has 28 heavy (non-hydrogen) atoms. The molecule has 3 N–H and O–H groups in total. The maximum atomic E-state index is 14.6. The van der Waals surface area contributed by atoms with E-state index in [1.54, 1.807) is 11.3 Å². The van der Waals surface area contributed by atoms with Gasteiger partial charge in [0.15, 0.2) is 11.6 Å². The molecule has 0 spiro atoms. The lowest BCUT2D eigenvalue weighted by molar-refractivity contribution is 0.0695. The van der Waals surface area contributed by atoms with Gasteiger partial charge in [0.25, 0.3) is 0 Å². The fraction of sp³-hybridized carbons (Fsp3) is 0.316. The van der Waals surface area contributed by atoms with Gasteiger partial charge in [-0.1, -0.05) is 0 Å². The van der Waals surface area contributed by atoms with E-state index in [2.05, 4.69) is 34.3 Å². The molecule has 9 heteroatoms. The fourth-order valence-electron chi connectivity index (χ4n) is 3.44. The number of rotatable bonds is 5. The summed E-state index contributed by atoms with van der Waals surface area (Å²) in [5, 5.41) is 12.5. The van der Waals surface area contributed by atoms with Crippen molar-refractivity contribution in [3.05, 3.63) is 55.8 Å². The van der Waals surface area contributed by atoms with Crippen LogP contribution in [0.3, 0.4) is 0 Å². The number of nitrogens with zero attached hydrogens (tertiary/aromatic N) is 2. The summed E-state index contributed by atoms with van der Waals surface area (Å²) < 4.78 is 14.6. The summed E-state index contributed by atoms with van der Waals surface area (Å²) in [6, 6.07) is 5.48. The van der Waals surface area contributed by atoms with E-state index in [4.69, 9.17) is 5.11 Å². The van der Waals surface area contributed by atoms with Crippen LogP contribution in [0.2, 0.25) is 0 Å². The highest BCUT2D eigenvalue weighted by Gasteiger charge is 2.26. The largest absolute Gasteiger partial charge is 0.477 e. The van der Waals surface area contributed by atoms with Crippen molar-refractivity contribution in [2.45, 2.75) is 25.9 Å². The second-order valence-electron chi connectivity index (χ2n) is 6.85. The van der Waals surface area contributed by atoms with Crippen LogP contribution in [-0.4, -0.2) is 40.2 Å². The van der Waals surface area contributed by atoms with Crippen LogP contribution in [0, 0.1) is 12.7 Å². The molecule has 1 aliphatic heterocycles. The lowest BCUT2D eigenvalue weighted by atomic mass is 10.2. The first-order valence-corrected chi connectivity index (χ1v) is 9.73. The number of H-pyrrole nitrogens is 1. The number of aromatic nitrogens is 2. The number of halogens is 1. The third kappa shape index (κ3) is 3.50. The number of aromatic carboxylic acids is 1. The molecule has 1 saturated heterocycles. The summed E-state index contributed by atoms with van der Waals surface area (Å²) in [4.78, 5) is 34.6. The van der Waals surface area contributed by atoms with Gasteiger partial charge in [0.2, 0.25) is 5.43 Å². The van der Waals surface area contributed by atoms with Gasteiger partial charge < -0.3 is 20.3 Å². The summed E-state index contributed by atoms with van der Waals surface area (Å²) in [7, 11) is 0. The van der Waals surface area contributed by atoms with Gasteiger partial charge in [-0.3, -0.25) is 4.79 Å². The Kier molecular flexibility index (Phi) is 4.86. The molecule has 146 valence electrons.